The number of nitrogens with two attached hydrogens (primary N) is 1. The van der Waals surface area contributed by atoms with E-state index in [0.29, 0.717) is 6.04 Å². The van der Waals surface area contributed by atoms with E-state index in [4.69, 9.17) is 5.73 Å². The van der Waals surface area contributed by atoms with Crippen molar-refractivity contribution < 1.29 is 0 Å². The number of hydrogen-bond acceptors (Lipinski definition) is 2. The molecule has 0 atom stereocenters. The molecule has 0 saturated heterocycles. The van der Waals surface area contributed by atoms with Gasteiger partial charge in [-0.2, -0.15) is 0 Å². The summed E-state index contributed by atoms with van der Waals surface area (Å²) in [5.41, 5.74) is 7.46. The molecule has 2 fully saturated rings. The van der Waals surface area contributed by atoms with Gasteiger partial charge in [-0.05, 0) is 50.0 Å². The molecule has 1 aromatic carbocycles. The minimum atomic E-state index is 0.460. The van der Waals surface area contributed by atoms with Gasteiger partial charge in [-0.3, -0.25) is 0 Å². The lowest BCUT2D eigenvalue weighted by molar-refractivity contribution is 0.232. The molecule has 1 aromatic rings. The first-order valence-electron chi connectivity index (χ1n) is 7.38. The van der Waals surface area contributed by atoms with Crippen LogP contribution in [0.2, 0.25) is 0 Å². The maximum Gasteiger partial charge on any atom is 0.00813 e. The van der Waals surface area contributed by atoms with Gasteiger partial charge in [0.2, 0.25) is 0 Å². The van der Waals surface area contributed by atoms with Crippen LogP contribution >= 0.6 is 0 Å². The third-order valence-electron chi connectivity index (χ3n) is 4.65. The molecule has 2 heteroatoms. The van der Waals surface area contributed by atoms with Crippen molar-refractivity contribution in [3.8, 4) is 0 Å². The molecule has 3 rings (SSSR count). The maximum absolute atomic E-state index is 5.94. The Morgan fingerprint density at radius 2 is 1.56 bits per heavy atom. The van der Waals surface area contributed by atoms with Crippen LogP contribution in [0.15, 0.2) is 30.3 Å². The fraction of sp³-hybridized carbons (Fsp3) is 0.625. The van der Waals surface area contributed by atoms with E-state index < -0.39 is 0 Å². The molecule has 0 amide bonds. The van der Waals surface area contributed by atoms with Gasteiger partial charge in [0, 0.05) is 18.1 Å². The van der Waals surface area contributed by atoms with E-state index in [0.717, 1.165) is 18.0 Å². The molecule has 18 heavy (non-hydrogen) atoms. The number of rotatable bonds is 3. The Labute approximate surface area is 110 Å². The van der Waals surface area contributed by atoms with Crippen molar-refractivity contribution in [1.29, 1.82) is 0 Å². The highest BCUT2D eigenvalue weighted by molar-refractivity contribution is 5.22. The van der Waals surface area contributed by atoms with Gasteiger partial charge < -0.3 is 11.1 Å². The summed E-state index contributed by atoms with van der Waals surface area (Å²) < 4.78 is 0. The predicted molar refractivity (Wildman–Crippen MR) is 75.6 cm³/mol. The van der Waals surface area contributed by atoms with Gasteiger partial charge in [-0.15, -0.1) is 0 Å². The molecule has 2 nitrogen and oxygen atoms in total. The molecule has 0 unspecified atom stereocenters. The largest absolute Gasteiger partial charge is 0.328 e. The van der Waals surface area contributed by atoms with E-state index in [1.165, 1.54) is 44.1 Å². The van der Waals surface area contributed by atoms with Crippen molar-refractivity contribution in [2.24, 2.45) is 5.73 Å². The van der Waals surface area contributed by atoms with Gasteiger partial charge in [0.1, 0.15) is 0 Å². The van der Waals surface area contributed by atoms with E-state index in [2.05, 4.69) is 35.6 Å². The standard InChI is InChI=1S/C16H24N2/c17-14-6-8-15(9-7-14)18-16-10-13(11-16)12-4-2-1-3-5-12/h1-5,13-16,18H,6-11,17H2. The van der Waals surface area contributed by atoms with Gasteiger partial charge in [0.15, 0.2) is 0 Å². The Balaban J connectivity index is 1.43. The molecule has 98 valence electrons. The molecule has 0 spiro atoms. The van der Waals surface area contributed by atoms with Crippen LogP contribution in [0.3, 0.4) is 0 Å². The quantitative estimate of drug-likeness (QED) is 0.858. The highest BCUT2D eigenvalue weighted by Gasteiger charge is 2.32. The van der Waals surface area contributed by atoms with Crippen LogP contribution in [-0.4, -0.2) is 18.1 Å². The lowest BCUT2D eigenvalue weighted by Gasteiger charge is -2.40. The second kappa shape index (κ2) is 5.41. The fourth-order valence-electron chi connectivity index (χ4n) is 3.37. The van der Waals surface area contributed by atoms with Crippen LogP contribution < -0.4 is 11.1 Å². The zero-order chi connectivity index (χ0) is 12.4. The normalized spacial score (nSPS) is 36.1. The van der Waals surface area contributed by atoms with Crippen molar-refractivity contribution in [2.45, 2.75) is 62.6 Å². The Kier molecular flexibility index (Phi) is 3.67. The fourth-order valence-corrected chi connectivity index (χ4v) is 3.37. The van der Waals surface area contributed by atoms with Crippen molar-refractivity contribution >= 4 is 0 Å². The van der Waals surface area contributed by atoms with Crippen molar-refractivity contribution in [3.63, 3.8) is 0 Å². The van der Waals surface area contributed by atoms with E-state index >= 15 is 0 Å². The van der Waals surface area contributed by atoms with Crippen LogP contribution in [0.4, 0.5) is 0 Å². The van der Waals surface area contributed by atoms with Crippen LogP contribution in [-0.2, 0) is 0 Å². The van der Waals surface area contributed by atoms with Crippen LogP contribution in [0, 0.1) is 0 Å². The highest BCUT2D eigenvalue weighted by Crippen LogP contribution is 2.37. The Bertz CT molecular complexity index is 362. The van der Waals surface area contributed by atoms with Crippen molar-refractivity contribution in [1.82, 2.24) is 5.32 Å². The zero-order valence-corrected chi connectivity index (χ0v) is 11.0. The van der Waals surface area contributed by atoms with E-state index in [1.807, 2.05) is 0 Å². The number of benzene rings is 1. The first-order valence-corrected chi connectivity index (χ1v) is 7.38. The summed E-state index contributed by atoms with van der Waals surface area (Å²) in [4.78, 5) is 0. The van der Waals surface area contributed by atoms with E-state index in [-0.39, 0.29) is 0 Å². The molecule has 2 aliphatic carbocycles. The smallest absolute Gasteiger partial charge is 0.00813 e. The lowest BCUT2D eigenvalue weighted by atomic mass is 9.75. The maximum atomic E-state index is 5.94. The zero-order valence-electron chi connectivity index (χ0n) is 11.0. The molecular weight excluding hydrogens is 220 g/mol. The summed E-state index contributed by atoms with van der Waals surface area (Å²) in [6.07, 6.45) is 7.57. The minimum absolute atomic E-state index is 0.460. The van der Waals surface area contributed by atoms with Gasteiger partial charge in [-0.25, -0.2) is 0 Å². The summed E-state index contributed by atoms with van der Waals surface area (Å²) in [6, 6.07) is 12.9. The summed E-state index contributed by atoms with van der Waals surface area (Å²) in [6.45, 7) is 0. The predicted octanol–water partition coefficient (Wildman–Crippen LogP) is 2.79. The topological polar surface area (TPSA) is 38.0 Å². The van der Waals surface area contributed by atoms with Gasteiger partial charge in [-0.1, -0.05) is 30.3 Å². The number of hydrogen-bond donors (Lipinski definition) is 2. The second-order valence-electron chi connectivity index (χ2n) is 6.05. The summed E-state index contributed by atoms with van der Waals surface area (Å²) in [5.74, 6) is 0.787. The first kappa shape index (κ1) is 12.2. The molecule has 0 bridgehead atoms. The highest BCUT2D eigenvalue weighted by atomic mass is 15.0. The SMILES string of the molecule is NC1CCC(NC2CC(c3ccccc3)C2)CC1. The molecule has 2 aliphatic rings. The molecular formula is C16H24N2. The Hall–Kier alpha value is -0.860. The summed E-state index contributed by atoms with van der Waals surface area (Å²) in [7, 11) is 0. The third kappa shape index (κ3) is 2.76. The Morgan fingerprint density at radius 3 is 2.22 bits per heavy atom. The van der Waals surface area contributed by atoms with E-state index in [9.17, 15) is 0 Å². The van der Waals surface area contributed by atoms with Crippen LogP contribution in [0.25, 0.3) is 0 Å². The molecule has 2 saturated carbocycles. The summed E-state index contributed by atoms with van der Waals surface area (Å²) >= 11 is 0. The third-order valence-corrected chi connectivity index (χ3v) is 4.65. The molecule has 0 aromatic heterocycles. The lowest BCUT2D eigenvalue weighted by Crippen LogP contribution is -2.47. The average Bonchev–Trinajstić information content (AvgIpc) is 2.36. The average molecular weight is 244 g/mol. The van der Waals surface area contributed by atoms with Gasteiger partial charge in [0.05, 0.1) is 0 Å². The van der Waals surface area contributed by atoms with Crippen molar-refractivity contribution in [3.05, 3.63) is 35.9 Å². The van der Waals surface area contributed by atoms with Gasteiger partial charge >= 0.3 is 0 Å². The molecule has 3 N–H and O–H groups in total. The summed E-state index contributed by atoms with van der Waals surface area (Å²) in [5, 5.41) is 3.82. The van der Waals surface area contributed by atoms with Gasteiger partial charge in [0.25, 0.3) is 0 Å². The van der Waals surface area contributed by atoms with Crippen LogP contribution in [0.5, 0.6) is 0 Å². The minimum Gasteiger partial charge on any atom is -0.328 e. The Morgan fingerprint density at radius 1 is 0.889 bits per heavy atom. The monoisotopic (exact) mass is 244 g/mol. The van der Waals surface area contributed by atoms with Crippen LogP contribution in [0.1, 0.15) is 50.0 Å². The first-order chi connectivity index (χ1) is 8.81. The van der Waals surface area contributed by atoms with E-state index in [1.54, 1.807) is 0 Å². The number of nitrogens with one attached hydrogen (secondary N) is 1. The second-order valence-corrected chi connectivity index (χ2v) is 6.05. The molecule has 0 radical (unpaired) electrons. The molecule has 0 heterocycles. The molecule has 0 aliphatic heterocycles. The van der Waals surface area contributed by atoms with Crippen molar-refractivity contribution in [2.75, 3.05) is 0 Å².